The van der Waals surface area contributed by atoms with Crippen LogP contribution in [0.2, 0.25) is 0 Å². The Hall–Kier alpha value is -3.03. The second-order valence-electron chi connectivity index (χ2n) is 8.40. The van der Waals surface area contributed by atoms with Crippen LogP contribution in [0.25, 0.3) is 16.7 Å². The number of hydrogen-bond acceptors (Lipinski definition) is 3. The third kappa shape index (κ3) is 4.84. The average Bonchev–Trinajstić information content (AvgIpc) is 3.19. The molecule has 1 atom stereocenters. The van der Waals surface area contributed by atoms with Crippen molar-refractivity contribution in [2.24, 2.45) is 5.92 Å². The molecule has 1 aromatic heterocycles. The van der Waals surface area contributed by atoms with Gasteiger partial charge in [-0.2, -0.15) is 0 Å². The highest BCUT2D eigenvalue weighted by molar-refractivity contribution is 9.10. The predicted molar refractivity (Wildman–Crippen MR) is 132 cm³/mol. The fraction of sp³-hybridized carbons (Fsp3) is 0.231. The maximum absolute atomic E-state index is 13.5. The lowest BCUT2D eigenvalue weighted by atomic mass is 9.97. The van der Waals surface area contributed by atoms with E-state index in [-0.39, 0.29) is 17.6 Å². The van der Waals surface area contributed by atoms with Crippen molar-refractivity contribution in [2.75, 3.05) is 18.4 Å². The van der Waals surface area contributed by atoms with Crippen molar-refractivity contribution < 1.29 is 9.18 Å². The summed E-state index contributed by atoms with van der Waals surface area (Å²) in [5.74, 6) is 0.595. The van der Waals surface area contributed by atoms with Crippen LogP contribution in [0.5, 0.6) is 0 Å². The topological polar surface area (TPSA) is 50.2 Å². The van der Waals surface area contributed by atoms with E-state index >= 15 is 0 Å². The van der Waals surface area contributed by atoms with Gasteiger partial charge in [0.1, 0.15) is 11.6 Å². The van der Waals surface area contributed by atoms with Crippen LogP contribution in [-0.2, 0) is 11.3 Å². The maximum atomic E-state index is 13.5. The number of aromatic nitrogens is 2. The van der Waals surface area contributed by atoms with Crippen LogP contribution in [-0.4, -0.2) is 33.4 Å². The second-order valence-corrected chi connectivity index (χ2v) is 9.31. The summed E-state index contributed by atoms with van der Waals surface area (Å²) in [7, 11) is 0. The Balaban J connectivity index is 1.36. The number of amides is 1. The van der Waals surface area contributed by atoms with E-state index in [0.29, 0.717) is 13.1 Å². The van der Waals surface area contributed by atoms with Crippen LogP contribution in [0.3, 0.4) is 0 Å². The molecule has 0 bridgehead atoms. The van der Waals surface area contributed by atoms with Crippen molar-refractivity contribution >= 4 is 38.6 Å². The number of likely N-dealkylation sites (tertiary alicyclic amines) is 1. The molecule has 1 fully saturated rings. The van der Waals surface area contributed by atoms with E-state index in [4.69, 9.17) is 4.98 Å². The molecule has 0 radical (unpaired) electrons. The van der Waals surface area contributed by atoms with E-state index in [1.54, 1.807) is 12.1 Å². The first-order valence-electron chi connectivity index (χ1n) is 11.1. The van der Waals surface area contributed by atoms with Gasteiger partial charge in [-0.25, -0.2) is 9.37 Å². The minimum atomic E-state index is -0.264. The fourth-order valence-electron chi connectivity index (χ4n) is 4.45. The number of nitrogens with zero attached hydrogens (tertiary/aromatic N) is 3. The average molecular weight is 507 g/mol. The molecule has 0 unspecified atom stereocenters. The summed E-state index contributed by atoms with van der Waals surface area (Å²) in [6.45, 7) is 2.21. The molecule has 1 aliphatic rings. The van der Waals surface area contributed by atoms with Gasteiger partial charge in [0.25, 0.3) is 0 Å². The van der Waals surface area contributed by atoms with Gasteiger partial charge in [-0.15, -0.1) is 0 Å². The third-order valence-corrected chi connectivity index (χ3v) is 6.60. The first kappa shape index (κ1) is 21.8. The molecule has 0 saturated carbocycles. The van der Waals surface area contributed by atoms with Gasteiger partial charge in [-0.3, -0.25) is 14.3 Å². The normalized spacial score (nSPS) is 16.7. The molecular formula is C26H24BrFN4O. The number of imidazole rings is 1. The number of para-hydroxylation sites is 2. The lowest BCUT2D eigenvalue weighted by Crippen LogP contribution is -2.40. The molecule has 1 N–H and O–H groups in total. The number of fused-ring (bicyclic) bond motifs is 1. The third-order valence-electron chi connectivity index (χ3n) is 6.07. The number of anilines is 1. The smallest absolute Gasteiger partial charge is 0.228 e. The summed E-state index contributed by atoms with van der Waals surface area (Å²) in [5, 5.41) is 3.04. The summed E-state index contributed by atoms with van der Waals surface area (Å²) in [6.07, 6.45) is 1.82. The number of halogens is 2. The molecule has 0 spiro atoms. The van der Waals surface area contributed by atoms with Gasteiger partial charge in [-0.05, 0) is 80.1 Å². The lowest BCUT2D eigenvalue weighted by Gasteiger charge is -2.31. The largest absolute Gasteiger partial charge is 0.326 e. The molecule has 3 aromatic carbocycles. The molecule has 5 nitrogen and oxygen atoms in total. The zero-order valence-electron chi connectivity index (χ0n) is 18.0. The van der Waals surface area contributed by atoms with Gasteiger partial charge < -0.3 is 5.32 Å². The Kier molecular flexibility index (Phi) is 6.24. The Labute approximate surface area is 200 Å². The number of carbonyl (C=O) groups is 1. The zero-order valence-corrected chi connectivity index (χ0v) is 19.6. The molecule has 0 aliphatic carbocycles. The van der Waals surface area contributed by atoms with E-state index < -0.39 is 0 Å². The Morgan fingerprint density at radius 1 is 1.06 bits per heavy atom. The molecule has 168 valence electrons. The highest BCUT2D eigenvalue weighted by Gasteiger charge is 2.27. The van der Waals surface area contributed by atoms with Crippen LogP contribution in [0, 0.1) is 11.7 Å². The minimum absolute atomic E-state index is 0.0501. The summed E-state index contributed by atoms with van der Waals surface area (Å²) >= 11 is 3.42. The molecule has 1 amide bonds. The van der Waals surface area contributed by atoms with E-state index in [0.717, 1.165) is 52.1 Å². The molecule has 5 rings (SSSR count). The molecular weight excluding hydrogens is 483 g/mol. The van der Waals surface area contributed by atoms with Crippen LogP contribution in [0.1, 0.15) is 18.7 Å². The Morgan fingerprint density at radius 2 is 1.82 bits per heavy atom. The summed E-state index contributed by atoms with van der Waals surface area (Å²) in [4.78, 5) is 20.1. The van der Waals surface area contributed by atoms with Gasteiger partial charge in [-0.1, -0.05) is 28.1 Å². The number of carbonyl (C=O) groups excluding carboxylic acids is 1. The van der Waals surface area contributed by atoms with Crippen molar-refractivity contribution in [3.05, 3.63) is 88.9 Å². The van der Waals surface area contributed by atoms with Crippen LogP contribution in [0.4, 0.5) is 10.1 Å². The summed E-state index contributed by atoms with van der Waals surface area (Å²) in [6, 6.07) is 22.1. The lowest BCUT2D eigenvalue weighted by molar-refractivity contribution is -0.121. The van der Waals surface area contributed by atoms with E-state index in [9.17, 15) is 9.18 Å². The number of nitrogens with one attached hydrogen (secondary N) is 1. The van der Waals surface area contributed by atoms with Crippen LogP contribution in [0.15, 0.2) is 77.3 Å². The number of rotatable bonds is 5. The standard InChI is InChI=1S/C26H24BrFN4O/c27-19-7-11-21(12-8-19)29-26(33)18-4-3-15-31(16-18)17-25-30-23-5-1-2-6-24(23)32(25)22-13-9-20(28)10-14-22/h1-2,5-14,18H,3-4,15-17H2,(H,29,33)/t18-/m0/s1. The fourth-order valence-corrected chi connectivity index (χ4v) is 4.72. The summed E-state index contributed by atoms with van der Waals surface area (Å²) < 4.78 is 16.6. The zero-order chi connectivity index (χ0) is 22.8. The van der Waals surface area contributed by atoms with Crippen molar-refractivity contribution in [1.29, 1.82) is 0 Å². The maximum Gasteiger partial charge on any atom is 0.228 e. The van der Waals surface area contributed by atoms with Crippen LogP contribution >= 0.6 is 15.9 Å². The highest BCUT2D eigenvalue weighted by Crippen LogP contribution is 2.25. The molecule has 33 heavy (non-hydrogen) atoms. The van der Waals surface area contributed by atoms with E-state index in [1.807, 2.05) is 48.5 Å². The second kappa shape index (κ2) is 9.45. The van der Waals surface area contributed by atoms with Gasteiger partial charge >= 0.3 is 0 Å². The number of piperidine rings is 1. The minimum Gasteiger partial charge on any atom is -0.326 e. The molecule has 7 heteroatoms. The van der Waals surface area contributed by atoms with Crippen molar-refractivity contribution in [2.45, 2.75) is 19.4 Å². The molecule has 2 heterocycles. The SMILES string of the molecule is O=C(Nc1ccc(Br)cc1)[C@H]1CCCN(Cc2nc3ccccc3n2-c2ccc(F)cc2)C1. The van der Waals surface area contributed by atoms with Crippen molar-refractivity contribution in [3.63, 3.8) is 0 Å². The Morgan fingerprint density at radius 3 is 2.61 bits per heavy atom. The van der Waals surface area contributed by atoms with Gasteiger partial charge in [0.15, 0.2) is 0 Å². The van der Waals surface area contributed by atoms with E-state index in [1.165, 1.54) is 12.1 Å². The van der Waals surface area contributed by atoms with Crippen molar-refractivity contribution in [1.82, 2.24) is 14.5 Å². The van der Waals surface area contributed by atoms with E-state index in [2.05, 4.69) is 30.7 Å². The first-order chi connectivity index (χ1) is 16.1. The van der Waals surface area contributed by atoms with Crippen molar-refractivity contribution in [3.8, 4) is 5.69 Å². The Bertz CT molecular complexity index is 1270. The number of benzene rings is 3. The van der Waals surface area contributed by atoms with Gasteiger partial charge in [0.05, 0.1) is 23.5 Å². The molecule has 1 aliphatic heterocycles. The van der Waals surface area contributed by atoms with Crippen LogP contribution < -0.4 is 5.32 Å². The molecule has 4 aromatic rings. The molecule has 1 saturated heterocycles. The monoisotopic (exact) mass is 506 g/mol. The highest BCUT2D eigenvalue weighted by atomic mass is 79.9. The summed E-state index contributed by atoms with van der Waals surface area (Å²) in [5.41, 5.74) is 3.57. The predicted octanol–water partition coefficient (Wildman–Crippen LogP) is 5.78. The number of hydrogen-bond donors (Lipinski definition) is 1. The van der Waals surface area contributed by atoms with Gasteiger partial charge in [0, 0.05) is 22.4 Å². The van der Waals surface area contributed by atoms with Gasteiger partial charge in [0.2, 0.25) is 5.91 Å². The quantitative estimate of drug-likeness (QED) is 0.373. The first-order valence-corrected chi connectivity index (χ1v) is 11.9.